The van der Waals surface area contributed by atoms with Crippen LogP contribution < -0.4 is 10.0 Å². The van der Waals surface area contributed by atoms with E-state index in [2.05, 4.69) is 10.0 Å². The maximum Gasteiger partial charge on any atom is 0.240 e. The molecular formula is C11H16N2O3S. The van der Waals surface area contributed by atoms with Gasteiger partial charge in [-0.25, -0.2) is 13.1 Å². The van der Waals surface area contributed by atoms with Gasteiger partial charge in [-0.05, 0) is 24.6 Å². The average Bonchev–Trinajstić information content (AvgIpc) is 2.26. The molecule has 0 radical (unpaired) electrons. The van der Waals surface area contributed by atoms with Crippen molar-refractivity contribution in [1.82, 2.24) is 4.72 Å². The smallest absolute Gasteiger partial charge is 0.240 e. The molecule has 2 N–H and O–H groups in total. The van der Waals surface area contributed by atoms with Crippen LogP contribution in [0.3, 0.4) is 0 Å². The summed E-state index contributed by atoms with van der Waals surface area (Å²) in [5.41, 5.74) is 0.469. The lowest BCUT2D eigenvalue weighted by Gasteiger charge is -2.07. The van der Waals surface area contributed by atoms with E-state index in [1.807, 2.05) is 6.92 Å². The van der Waals surface area contributed by atoms with Gasteiger partial charge in [-0.2, -0.15) is 0 Å². The van der Waals surface area contributed by atoms with Crippen molar-refractivity contribution in [3.8, 4) is 0 Å². The molecule has 94 valence electrons. The summed E-state index contributed by atoms with van der Waals surface area (Å²) in [5.74, 6) is -0.235. The molecule has 0 fully saturated rings. The Morgan fingerprint density at radius 3 is 2.65 bits per heavy atom. The summed E-state index contributed by atoms with van der Waals surface area (Å²) in [6.45, 7) is 3.65. The number of hydrogen-bond donors (Lipinski definition) is 2. The summed E-state index contributed by atoms with van der Waals surface area (Å²) in [6.07, 6.45) is 0.727. The zero-order valence-electron chi connectivity index (χ0n) is 9.86. The largest absolute Gasteiger partial charge is 0.326 e. The maximum atomic E-state index is 11.8. The van der Waals surface area contributed by atoms with Crippen LogP contribution in [0.15, 0.2) is 29.2 Å². The molecule has 17 heavy (non-hydrogen) atoms. The molecule has 6 heteroatoms. The number of anilines is 1. The van der Waals surface area contributed by atoms with Crippen molar-refractivity contribution in [3.63, 3.8) is 0 Å². The fourth-order valence-corrected chi connectivity index (χ4v) is 2.44. The first-order chi connectivity index (χ1) is 7.95. The number of rotatable bonds is 5. The van der Waals surface area contributed by atoms with Crippen LogP contribution in [-0.4, -0.2) is 20.9 Å². The van der Waals surface area contributed by atoms with Crippen molar-refractivity contribution >= 4 is 21.6 Å². The first kappa shape index (κ1) is 13.7. The normalized spacial score (nSPS) is 11.2. The summed E-state index contributed by atoms with van der Waals surface area (Å²) < 4.78 is 26.1. The Balaban J connectivity index is 2.94. The van der Waals surface area contributed by atoms with Gasteiger partial charge in [0, 0.05) is 19.2 Å². The van der Waals surface area contributed by atoms with Crippen molar-refractivity contribution in [3.05, 3.63) is 24.3 Å². The number of carbonyl (C=O) groups is 1. The zero-order valence-corrected chi connectivity index (χ0v) is 10.7. The van der Waals surface area contributed by atoms with Crippen LogP contribution in [0.2, 0.25) is 0 Å². The van der Waals surface area contributed by atoms with Crippen LogP contribution in [0.1, 0.15) is 20.3 Å². The molecule has 0 saturated heterocycles. The van der Waals surface area contributed by atoms with Crippen LogP contribution in [0.4, 0.5) is 5.69 Å². The molecule has 0 aromatic heterocycles. The van der Waals surface area contributed by atoms with E-state index < -0.39 is 10.0 Å². The number of amides is 1. The Labute approximate surface area is 101 Å². The first-order valence-corrected chi connectivity index (χ1v) is 6.81. The SMILES string of the molecule is CCCNS(=O)(=O)c1cccc(NC(C)=O)c1. The van der Waals surface area contributed by atoms with Gasteiger partial charge in [0.2, 0.25) is 15.9 Å². The highest BCUT2D eigenvalue weighted by Crippen LogP contribution is 2.15. The Kier molecular flexibility index (Phi) is 4.65. The van der Waals surface area contributed by atoms with Gasteiger partial charge in [0.15, 0.2) is 0 Å². The van der Waals surface area contributed by atoms with E-state index in [9.17, 15) is 13.2 Å². The third-order valence-electron chi connectivity index (χ3n) is 2.01. The van der Waals surface area contributed by atoms with Crippen LogP contribution in [0, 0.1) is 0 Å². The van der Waals surface area contributed by atoms with Gasteiger partial charge in [0.1, 0.15) is 0 Å². The molecule has 0 saturated carbocycles. The molecule has 0 spiro atoms. The quantitative estimate of drug-likeness (QED) is 0.834. The van der Waals surface area contributed by atoms with E-state index in [0.29, 0.717) is 12.2 Å². The minimum Gasteiger partial charge on any atom is -0.326 e. The maximum absolute atomic E-state index is 11.8. The number of benzene rings is 1. The lowest BCUT2D eigenvalue weighted by molar-refractivity contribution is -0.114. The van der Waals surface area contributed by atoms with Gasteiger partial charge in [-0.15, -0.1) is 0 Å². The van der Waals surface area contributed by atoms with E-state index in [1.54, 1.807) is 12.1 Å². The van der Waals surface area contributed by atoms with E-state index in [4.69, 9.17) is 0 Å². The van der Waals surface area contributed by atoms with Crippen molar-refractivity contribution in [2.24, 2.45) is 0 Å². The van der Waals surface area contributed by atoms with E-state index in [1.165, 1.54) is 19.1 Å². The van der Waals surface area contributed by atoms with Crippen molar-refractivity contribution in [1.29, 1.82) is 0 Å². The average molecular weight is 256 g/mol. The molecule has 0 aliphatic heterocycles. The van der Waals surface area contributed by atoms with Gasteiger partial charge < -0.3 is 5.32 Å². The number of hydrogen-bond acceptors (Lipinski definition) is 3. The van der Waals surface area contributed by atoms with Crippen molar-refractivity contribution in [2.45, 2.75) is 25.2 Å². The number of carbonyl (C=O) groups excluding carboxylic acids is 1. The molecule has 0 aliphatic rings. The van der Waals surface area contributed by atoms with E-state index >= 15 is 0 Å². The van der Waals surface area contributed by atoms with Crippen molar-refractivity contribution in [2.75, 3.05) is 11.9 Å². The molecular weight excluding hydrogens is 240 g/mol. The third kappa shape index (κ3) is 4.16. The Hall–Kier alpha value is -1.40. The fourth-order valence-electron chi connectivity index (χ4n) is 1.26. The van der Waals surface area contributed by atoms with E-state index in [0.717, 1.165) is 6.42 Å². The molecule has 0 unspecified atom stereocenters. The summed E-state index contributed by atoms with van der Waals surface area (Å²) in [6, 6.07) is 6.15. The lowest BCUT2D eigenvalue weighted by atomic mass is 10.3. The molecule has 1 rings (SSSR count). The molecule has 1 amide bonds. The van der Waals surface area contributed by atoms with Crippen molar-refractivity contribution < 1.29 is 13.2 Å². The second kappa shape index (κ2) is 5.79. The van der Waals surface area contributed by atoms with Gasteiger partial charge in [0.25, 0.3) is 0 Å². The molecule has 0 atom stereocenters. The molecule has 0 heterocycles. The summed E-state index contributed by atoms with van der Waals surface area (Å²) in [5, 5.41) is 2.54. The summed E-state index contributed by atoms with van der Waals surface area (Å²) in [4.78, 5) is 11.0. The number of sulfonamides is 1. The predicted molar refractivity (Wildman–Crippen MR) is 66.2 cm³/mol. The highest BCUT2D eigenvalue weighted by molar-refractivity contribution is 7.89. The molecule has 0 bridgehead atoms. The number of nitrogens with one attached hydrogen (secondary N) is 2. The second-order valence-electron chi connectivity index (χ2n) is 3.61. The monoisotopic (exact) mass is 256 g/mol. The highest BCUT2D eigenvalue weighted by Gasteiger charge is 2.13. The standard InChI is InChI=1S/C11H16N2O3S/c1-3-7-12-17(15,16)11-6-4-5-10(8-11)13-9(2)14/h4-6,8,12H,3,7H2,1-2H3,(H,13,14). The Bertz CT molecular complexity index is 497. The van der Waals surface area contributed by atoms with Gasteiger partial charge in [-0.3, -0.25) is 4.79 Å². The zero-order chi connectivity index (χ0) is 12.9. The van der Waals surface area contributed by atoms with Crippen LogP contribution in [0.25, 0.3) is 0 Å². The lowest BCUT2D eigenvalue weighted by Crippen LogP contribution is -2.24. The van der Waals surface area contributed by atoms with Gasteiger partial charge in [-0.1, -0.05) is 13.0 Å². The minimum atomic E-state index is -3.48. The fraction of sp³-hybridized carbons (Fsp3) is 0.364. The topological polar surface area (TPSA) is 75.3 Å². The summed E-state index contributed by atoms with van der Waals surface area (Å²) >= 11 is 0. The highest BCUT2D eigenvalue weighted by atomic mass is 32.2. The minimum absolute atomic E-state index is 0.150. The van der Waals surface area contributed by atoms with Crippen LogP contribution in [-0.2, 0) is 14.8 Å². The van der Waals surface area contributed by atoms with Crippen LogP contribution >= 0.6 is 0 Å². The van der Waals surface area contributed by atoms with Gasteiger partial charge >= 0.3 is 0 Å². The Morgan fingerprint density at radius 2 is 2.06 bits per heavy atom. The third-order valence-corrected chi connectivity index (χ3v) is 3.47. The molecule has 1 aromatic rings. The second-order valence-corrected chi connectivity index (χ2v) is 5.37. The predicted octanol–water partition coefficient (Wildman–Crippen LogP) is 1.33. The van der Waals surface area contributed by atoms with E-state index in [-0.39, 0.29) is 10.8 Å². The molecule has 5 nitrogen and oxygen atoms in total. The summed E-state index contributed by atoms with van der Waals surface area (Å²) in [7, 11) is -3.48. The Morgan fingerprint density at radius 1 is 1.35 bits per heavy atom. The van der Waals surface area contributed by atoms with Crippen LogP contribution in [0.5, 0.6) is 0 Å². The van der Waals surface area contributed by atoms with Gasteiger partial charge in [0.05, 0.1) is 4.90 Å². The molecule has 1 aromatic carbocycles. The first-order valence-electron chi connectivity index (χ1n) is 5.33. The molecule has 0 aliphatic carbocycles.